The summed E-state index contributed by atoms with van der Waals surface area (Å²) in [4.78, 5) is 14.6. The van der Waals surface area contributed by atoms with Crippen molar-refractivity contribution in [2.24, 2.45) is 0 Å². The molecule has 1 saturated heterocycles. The third-order valence-electron chi connectivity index (χ3n) is 5.12. The normalized spacial score (nSPS) is 18.0. The molecule has 0 unspecified atom stereocenters. The highest BCUT2D eigenvalue weighted by Gasteiger charge is 2.34. The van der Waals surface area contributed by atoms with Crippen molar-refractivity contribution in [3.05, 3.63) is 64.1 Å². The SMILES string of the molecule is CC(C)c1ccc(OCC(=O)N(Cc2cccc(Br)c2)[C@H]2CCS(=O)(=O)C2)cc1. The summed E-state index contributed by atoms with van der Waals surface area (Å²) in [5, 5.41) is 0. The van der Waals surface area contributed by atoms with Gasteiger partial charge in [0, 0.05) is 17.1 Å². The Morgan fingerprint density at radius 1 is 1.21 bits per heavy atom. The first-order valence-electron chi connectivity index (χ1n) is 9.70. The molecule has 1 amide bonds. The molecular formula is C22H26BrNO4S. The van der Waals surface area contributed by atoms with Crippen LogP contribution in [0.5, 0.6) is 5.75 Å². The van der Waals surface area contributed by atoms with Crippen LogP contribution in [0.1, 0.15) is 37.3 Å². The molecule has 1 fully saturated rings. The van der Waals surface area contributed by atoms with E-state index in [9.17, 15) is 13.2 Å². The summed E-state index contributed by atoms with van der Waals surface area (Å²) in [6.45, 7) is 4.48. The number of hydrogen-bond acceptors (Lipinski definition) is 4. The highest BCUT2D eigenvalue weighted by Crippen LogP contribution is 2.23. The largest absolute Gasteiger partial charge is 0.484 e. The lowest BCUT2D eigenvalue weighted by molar-refractivity contribution is -0.136. The Kier molecular flexibility index (Phi) is 7.01. The van der Waals surface area contributed by atoms with Gasteiger partial charge in [0.05, 0.1) is 11.5 Å². The van der Waals surface area contributed by atoms with Crippen LogP contribution in [-0.4, -0.2) is 43.4 Å². The van der Waals surface area contributed by atoms with Crippen LogP contribution >= 0.6 is 15.9 Å². The molecule has 156 valence electrons. The van der Waals surface area contributed by atoms with Gasteiger partial charge in [-0.25, -0.2) is 8.42 Å². The van der Waals surface area contributed by atoms with Crippen molar-refractivity contribution in [1.82, 2.24) is 4.90 Å². The summed E-state index contributed by atoms with van der Waals surface area (Å²) in [6.07, 6.45) is 0.463. The minimum absolute atomic E-state index is 0.00975. The molecule has 3 rings (SSSR count). The molecular weight excluding hydrogens is 454 g/mol. The lowest BCUT2D eigenvalue weighted by atomic mass is 10.0. The van der Waals surface area contributed by atoms with Crippen molar-refractivity contribution in [1.29, 1.82) is 0 Å². The van der Waals surface area contributed by atoms with E-state index >= 15 is 0 Å². The van der Waals surface area contributed by atoms with Crippen molar-refractivity contribution in [3.63, 3.8) is 0 Å². The smallest absolute Gasteiger partial charge is 0.261 e. The molecule has 1 heterocycles. The lowest BCUT2D eigenvalue weighted by Crippen LogP contribution is -2.43. The summed E-state index contributed by atoms with van der Waals surface area (Å²) in [5.41, 5.74) is 2.15. The number of sulfone groups is 1. The molecule has 0 spiro atoms. The second-order valence-electron chi connectivity index (χ2n) is 7.72. The van der Waals surface area contributed by atoms with Crippen molar-refractivity contribution in [2.75, 3.05) is 18.1 Å². The Morgan fingerprint density at radius 2 is 1.93 bits per heavy atom. The van der Waals surface area contributed by atoms with Crippen LogP contribution in [0, 0.1) is 0 Å². The first-order chi connectivity index (χ1) is 13.7. The molecule has 29 heavy (non-hydrogen) atoms. The summed E-state index contributed by atoms with van der Waals surface area (Å²) in [7, 11) is -3.10. The molecule has 0 radical (unpaired) electrons. The van der Waals surface area contributed by atoms with Gasteiger partial charge < -0.3 is 9.64 Å². The Bertz CT molecular complexity index is 957. The number of carbonyl (C=O) groups is 1. The zero-order valence-electron chi connectivity index (χ0n) is 16.7. The van der Waals surface area contributed by atoms with Gasteiger partial charge in [0.1, 0.15) is 5.75 Å². The molecule has 7 heteroatoms. The predicted molar refractivity (Wildman–Crippen MR) is 118 cm³/mol. The van der Waals surface area contributed by atoms with E-state index in [1.165, 1.54) is 5.56 Å². The number of hydrogen-bond donors (Lipinski definition) is 0. The van der Waals surface area contributed by atoms with Crippen molar-refractivity contribution in [3.8, 4) is 5.75 Å². The molecule has 1 aliphatic rings. The van der Waals surface area contributed by atoms with Gasteiger partial charge in [0.2, 0.25) is 0 Å². The highest BCUT2D eigenvalue weighted by atomic mass is 79.9. The molecule has 0 N–H and O–H groups in total. The Balaban J connectivity index is 1.71. The topological polar surface area (TPSA) is 63.7 Å². The molecule has 2 aromatic rings. The minimum Gasteiger partial charge on any atom is -0.484 e. The van der Waals surface area contributed by atoms with Crippen LogP contribution in [0.3, 0.4) is 0 Å². The average molecular weight is 480 g/mol. The lowest BCUT2D eigenvalue weighted by Gasteiger charge is -2.28. The number of rotatable bonds is 7. The van der Waals surface area contributed by atoms with Crippen LogP contribution in [0.4, 0.5) is 0 Å². The van der Waals surface area contributed by atoms with Gasteiger partial charge in [0.15, 0.2) is 16.4 Å². The van der Waals surface area contributed by atoms with Crippen LogP contribution in [0.2, 0.25) is 0 Å². The molecule has 0 saturated carbocycles. The van der Waals surface area contributed by atoms with Gasteiger partial charge in [-0.05, 0) is 47.7 Å². The van der Waals surface area contributed by atoms with E-state index in [0.717, 1.165) is 10.0 Å². The Hall–Kier alpha value is -1.86. The summed E-state index contributed by atoms with van der Waals surface area (Å²) in [6, 6.07) is 15.1. The van der Waals surface area contributed by atoms with Gasteiger partial charge >= 0.3 is 0 Å². The molecule has 0 bridgehead atoms. The number of nitrogens with zero attached hydrogens (tertiary/aromatic N) is 1. The maximum Gasteiger partial charge on any atom is 0.261 e. The highest BCUT2D eigenvalue weighted by molar-refractivity contribution is 9.10. The predicted octanol–water partition coefficient (Wildman–Crippen LogP) is 4.17. The van der Waals surface area contributed by atoms with Gasteiger partial charge in [-0.1, -0.05) is 54.0 Å². The third-order valence-corrected chi connectivity index (χ3v) is 7.36. The van der Waals surface area contributed by atoms with Crippen LogP contribution < -0.4 is 4.74 Å². The fourth-order valence-corrected chi connectivity index (χ4v) is 5.63. The van der Waals surface area contributed by atoms with E-state index in [-0.39, 0.29) is 30.1 Å². The van der Waals surface area contributed by atoms with Gasteiger partial charge in [-0.3, -0.25) is 4.79 Å². The van der Waals surface area contributed by atoms with Gasteiger partial charge in [0.25, 0.3) is 5.91 Å². The monoisotopic (exact) mass is 479 g/mol. The molecule has 2 aromatic carbocycles. The second-order valence-corrected chi connectivity index (χ2v) is 10.9. The molecule has 1 aliphatic heterocycles. The fraction of sp³-hybridized carbons (Fsp3) is 0.409. The van der Waals surface area contributed by atoms with Crippen LogP contribution in [0.15, 0.2) is 53.0 Å². The molecule has 0 aliphatic carbocycles. The summed E-state index contributed by atoms with van der Waals surface area (Å²) in [5.74, 6) is 0.979. The molecule has 1 atom stereocenters. The Morgan fingerprint density at radius 3 is 2.52 bits per heavy atom. The Labute approximate surface area is 181 Å². The van der Waals surface area contributed by atoms with Gasteiger partial charge in [-0.15, -0.1) is 0 Å². The maximum absolute atomic E-state index is 13.0. The zero-order valence-corrected chi connectivity index (χ0v) is 19.1. The third kappa shape index (κ3) is 6.06. The van der Waals surface area contributed by atoms with E-state index in [4.69, 9.17) is 4.74 Å². The number of carbonyl (C=O) groups excluding carboxylic acids is 1. The molecule has 0 aromatic heterocycles. The van der Waals surface area contributed by atoms with E-state index in [0.29, 0.717) is 24.6 Å². The van der Waals surface area contributed by atoms with Crippen molar-refractivity contribution in [2.45, 2.75) is 38.8 Å². The minimum atomic E-state index is -3.10. The first-order valence-corrected chi connectivity index (χ1v) is 12.3. The maximum atomic E-state index is 13.0. The van der Waals surface area contributed by atoms with E-state index in [1.807, 2.05) is 48.5 Å². The number of ether oxygens (including phenoxy) is 1. The standard InChI is InChI=1S/C22H26BrNO4S/c1-16(2)18-6-8-21(9-7-18)28-14-22(25)24(20-10-11-29(26,27)15-20)13-17-4-3-5-19(23)12-17/h3-9,12,16,20H,10-11,13-15H2,1-2H3/t20-/m0/s1. The fourth-order valence-electron chi connectivity index (χ4n) is 3.45. The number of amides is 1. The molecule has 5 nitrogen and oxygen atoms in total. The summed E-state index contributed by atoms with van der Waals surface area (Å²) < 4.78 is 30.6. The van der Waals surface area contributed by atoms with E-state index in [1.54, 1.807) is 4.90 Å². The summed E-state index contributed by atoms with van der Waals surface area (Å²) >= 11 is 3.44. The van der Waals surface area contributed by atoms with Crippen LogP contribution in [-0.2, 0) is 21.2 Å². The first kappa shape index (κ1) is 21.8. The quantitative estimate of drug-likeness (QED) is 0.597. The van der Waals surface area contributed by atoms with Crippen LogP contribution in [0.25, 0.3) is 0 Å². The van der Waals surface area contributed by atoms with Gasteiger partial charge in [-0.2, -0.15) is 0 Å². The number of halogens is 1. The zero-order chi connectivity index (χ0) is 21.0. The van der Waals surface area contributed by atoms with E-state index < -0.39 is 9.84 Å². The van der Waals surface area contributed by atoms with Crippen molar-refractivity contribution >= 4 is 31.7 Å². The number of benzene rings is 2. The average Bonchev–Trinajstić information content (AvgIpc) is 3.04. The van der Waals surface area contributed by atoms with Crippen molar-refractivity contribution < 1.29 is 17.9 Å². The second kappa shape index (κ2) is 9.30. The van der Waals surface area contributed by atoms with E-state index in [2.05, 4.69) is 29.8 Å².